The van der Waals surface area contributed by atoms with E-state index in [2.05, 4.69) is 6.92 Å². The summed E-state index contributed by atoms with van der Waals surface area (Å²) in [6, 6.07) is 0. The average molecular weight is 214 g/mol. The van der Waals surface area contributed by atoms with Crippen LogP contribution in [-0.2, 0) is 4.74 Å². The maximum absolute atomic E-state index is 11.6. The highest BCUT2D eigenvalue weighted by Crippen LogP contribution is 2.24. The standard InChI is InChI=1S/C11H22N2O2/c1-8(5-12)9-6-13(7-9)10(14)15-11(2,3)4/h8-9H,5-7,12H2,1-4H3. The second-order valence-electron chi connectivity index (χ2n) is 5.36. The van der Waals surface area contributed by atoms with E-state index in [1.807, 2.05) is 20.8 Å². The lowest BCUT2D eigenvalue weighted by Crippen LogP contribution is -2.54. The van der Waals surface area contributed by atoms with E-state index in [0.717, 1.165) is 13.1 Å². The lowest BCUT2D eigenvalue weighted by molar-refractivity contribution is -0.00867. The fourth-order valence-electron chi connectivity index (χ4n) is 1.54. The number of ether oxygens (including phenoxy) is 1. The molecule has 0 radical (unpaired) electrons. The maximum Gasteiger partial charge on any atom is 0.410 e. The topological polar surface area (TPSA) is 55.6 Å². The van der Waals surface area contributed by atoms with Crippen LogP contribution in [0, 0.1) is 11.8 Å². The molecule has 15 heavy (non-hydrogen) atoms. The first-order valence-electron chi connectivity index (χ1n) is 5.51. The molecule has 2 N–H and O–H groups in total. The summed E-state index contributed by atoms with van der Waals surface area (Å²) in [5, 5.41) is 0. The zero-order valence-electron chi connectivity index (χ0n) is 10.1. The number of likely N-dealkylation sites (tertiary alicyclic amines) is 1. The predicted molar refractivity (Wildman–Crippen MR) is 59.5 cm³/mol. The van der Waals surface area contributed by atoms with Crippen molar-refractivity contribution in [3.05, 3.63) is 0 Å². The number of amides is 1. The fraction of sp³-hybridized carbons (Fsp3) is 0.909. The molecule has 1 rings (SSSR count). The highest BCUT2D eigenvalue weighted by Gasteiger charge is 2.35. The number of nitrogens with two attached hydrogens (primary N) is 1. The van der Waals surface area contributed by atoms with E-state index in [1.165, 1.54) is 0 Å². The van der Waals surface area contributed by atoms with E-state index in [0.29, 0.717) is 18.4 Å². The van der Waals surface area contributed by atoms with Gasteiger partial charge in [-0.3, -0.25) is 0 Å². The largest absolute Gasteiger partial charge is 0.444 e. The average Bonchev–Trinajstić information content (AvgIpc) is 1.97. The Labute approximate surface area is 91.8 Å². The normalized spacial score (nSPS) is 19.7. The highest BCUT2D eigenvalue weighted by molar-refractivity contribution is 5.69. The van der Waals surface area contributed by atoms with Crippen molar-refractivity contribution >= 4 is 6.09 Å². The summed E-state index contributed by atoms with van der Waals surface area (Å²) in [5.74, 6) is 1.03. The fourth-order valence-corrected chi connectivity index (χ4v) is 1.54. The van der Waals surface area contributed by atoms with E-state index in [9.17, 15) is 4.79 Å². The molecule has 1 aliphatic heterocycles. The molecule has 0 bridgehead atoms. The number of nitrogens with zero attached hydrogens (tertiary/aromatic N) is 1. The molecular weight excluding hydrogens is 192 g/mol. The van der Waals surface area contributed by atoms with Crippen LogP contribution >= 0.6 is 0 Å². The molecule has 88 valence electrons. The van der Waals surface area contributed by atoms with Crippen LogP contribution in [0.15, 0.2) is 0 Å². The first kappa shape index (κ1) is 12.3. The molecule has 0 aromatic heterocycles. The molecule has 0 aliphatic carbocycles. The molecule has 1 heterocycles. The Kier molecular flexibility index (Phi) is 3.60. The second-order valence-corrected chi connectivity index (χ2v) is 5.36. The Morgan fingerprint density at radius 2 is 2.07 bits per heavy atom. The molecule has 1 aliphatic rings. The molecule has 1 atom stereocenters. The Bertz CT molecular complexity index is 229. The minimum absolute atomic E-state index is 0.206. The number of hydrogen-bond donors (Lipinski definition) is 1. The van der Waals surface area contributed by atoms with Gasteiger partial charge in [0.2, 0.25) is 0 Å². The summed E-state index contributed by atoms with van der Waals surface area (Å²) in [7, 11) is 0. The van der Waals surface area contributed by atoms with Gasteiger partial charge in [-0.25, -0.2) is 4.79 Å². The lowest BCUT2D eigenvalue weighted by Gasteiger charge is -2.42. The van der Waals surface area contributed by atoms with Crippen LogP contribution in [0.3, 0.4) is 0 Å². The number of carbonyl (C=O) groups excluding carboxylic acids is 1. The van der Waals surface area contributed by atoms with Gasteiger partial charge >= 0.3 is 6.09 Å². The van der Waals surface area contributed by atoms with Gasteiger partial charge in [-0.15, -0.1) is 0 Å². The summed E-state index contributed by atoms with van der Waals surface area (Å²) < 4.78 is 5.26. The second kappa shape index (κ2) is 4.39. The third kappa shape index (κ3) is 3.38. The molecule has 0 saturated carbocycles. The predicted octanol–water partition coefficient (Wildman–Crippen LogP) is 1.45. The van der Waals surface area contributed by atoms with Crippen molar-refractivity contribution < 1.29 is 9.53 Å². The van der Waals surface area contributed by atoms with Gasteiger partial charge in [0, 0.05) is 13.1 Å². The van der Waals surface area contributed by atoms with Crippen LogP contribution in [0.2, 0.25) is 0 Å². The molecule has 1 amide bonds. The van der Waals surface area contributed by atoms with E-state index in [-0.39, 0.29) is 6.09 Å². The van der Waals surface area contributed by atoms with E-state index >= 15 is 0 Å². The Hall–Kier alpha value is -0.770. The Balaban J connectivity index is 2.30. The number of carbonyl (C=O) groups is 1. The van der Waals surface area contributed by atoms with Crippen LogP contribution in [0.5, 0.6) is 0 Å². The molecule has 0 spiro atoms. The maximum atomic E-state index is 11.6. The van der Waals surface area contributed by atoms with Gasteiger partial charge in [-0.05, 0) is 39.2 Å². The van der Waals surface area contributed by atoms with Gasteiger partial charge in [-0.1, -0.05) is 6.92 Å². The molecule has 4 heteroatoms. The van der Waals surface area contributed by atoms with Crippen LogP contribution in [0.4, 0.5) is 4.79 Å². The summed E-state index contributed by atoms with van der Waals surface area (Å²) in [5.41, 5.74) is 5.17. The monoisotopic (exact) mass is 214 g/mol. The van der Waals surface area contributed by atoms with Gasteiger partial charge < -0.3 is 15.4 Å². The SMILES string of the molecule is CC(CN)C1CN(C(=O)OC(C)(C)C)C1. The van der Waals surface area contributed by atoms with Gasteiger partial charge in [0.05, 0.1) is 0 Å². The third-order valence-electron chi connectivity index (χ3n) is 2.74. The minimum Gasteiger partial charge on any atom is -0.444 e. The summed E-state index contributed by atoms with van der Waals surface area (Å²) >= 11 is 0. The van der Waals surface area contributed by atoms with Crippen molar-refractivity contribution in [2.45, 2.75) is 33.3 Å². The zero-order valence-corrected chi connectivity index (χ0v) is 10.1. The number of rotatable bonds is 2. The summed E-state index contributed by atoms with van der Waals surface area (Å²) in [4.78, 5) is 13.3. The minimum atomic E-state index is -0.401. The van der Waals surface area contributed by atoms with Gasteiger partial charge in [0.25, 0.3) is 0 Å². The van der Waals surface area contributed by atoms with Crippen molar-refractivity contribution in [3.63, 3.8) is 0 Å². The lowest BCUT2D eigenvalue weighted by atomic mass is 9.87. The third-order valence-corrected chi connectivity index (χ3v) is 2.74. The smallest absolute Gasteiger partial charge is 0.410 e. The number of hydrogen-bond acceptors (Lipinski definition) is 3. The molecule has 0 aromatic rings. The quantitative estimate of drug-likeness (QED) is 0.757. The molecule has 0 aromatic carbocycles. The van der Waals surface area contributed by atoms with Gasteiger partial charge in [0.1, 0.15) is 5.60 Å². The van der Waals surface area contributed by atoms with Crippen molar-refractivity contribution in [1.82, 2.24) is 4.90 Å². The summed E-state index contributed by atoms with van der Waals surface area (Å²) in [6.07, 6.45) is -0.206. The van der Waals surface area contributed by atoms with Crippen LogP contribution in [0.1, 0.15) is 27.7 Å². The van der Waals surface area contributed by atoms with Crippen molar-refractivity contribution in [3.8, 4) is 0 Å². The van der Waals surface area contributed by atoms with E-state index in [1.54, 1.807) is 4.90 Å². The zero-order chi connectivity index (χ0) is 11.6. The Morgan fingerprint density at radius 1 is 1.53 bits per heavy atom. The van der Waals surface area contributed by atoms with Crippen LogP contribution in [-0.4, -0.2) is 36.2 Å². The summed E-state index contributed by atoms with van der Waals surface area (Å²) in [6.45, 7) is 10.0. The van der Waals surface area contributed by atoms with E-state index in [4.69, 9.17) is 10.5 Å². The Morgan fingerprint density at radius 3 is 2.47 bits per heavy atom. The van der Waals surface area contributed by atoms with Crippen molar-refractivity contribution in [2.75, 3.05) is 19.6 Å². The van der Waals surface area contributed by atoms with Crippen LogP contribution < -0.4 is 5.73 Å². The molecule has 1 unspecified atom stereocenters. The molecule has 1 fully saturated rings. The van der Waals surface area contributed by atoms with E-state index < -0.39 is 5.60 Å². The first-order valence-corrected chi connectivity index (χ1v) is 5.51. The first-order chi connectivity index (χ1) is 6.83. The van der Waals surface area contributed by atoms with Crippen molar-refractivity contribution in [2.24, 2.45) is 17.6 Å². The van der Waals surface area contributed by atoms with Gasteiger partial charge in [0.15, 0.2) is 0 Å². The van der Waals surface area contributed by atoms with Gasteiger partial charge in [-0.2, -0.15) is 0 Å². The van der Waals surface area contributed by atoms with Crippen LogP contribution in [0.25, 0.3) is 0 Å². The molecular formula is C11H22N2O2. The molecule has 4 nitrogen and oxygen atoms in total. The van der Waals surface area contributed by atoms with Crippen molar-refractivity contribution in [1.29, 1.82) is 0 Å². The highest BCUT2D eigenvalue weighted by atomic mass is 16.6. The molecule has 1 saturated heterocycles.